The molecule has 2 aromatic rings. The minimum Gasteiger partial charge on any atom is -0.493 e. The van der Waals surface area contributed by atoms with Crippen LogP contribution in [0.2, 0.25) is 0 Å². The predicted molar refractivity (Wildman–Crippen MR) is 152 cm³/mol. The topological polar surface area (TPSA) is 97.4 Å². The van der Waals surface area contributed by atoms with E-state index in [2.05, 4.69) is 0 Å². The average molecular weight is 609 g/mol. The molecule has 11 heteroatoms. The predicted octanol–water partition coefficient (Wildman–Crippen LogP) is 6.90. The van der Waals surface area contributed by atoms with Crippen LogP contribution in [0.3, 0.4) is 0 Å². The van der Waals surface area contributed by atoms with Crippen LogP contribution in [0.25, 0.3) is 0 Å². The van der Waals surface area contributed by atoms with Crippen LogP contribution in [-0.4, -0.2) is 49.8 Å². The molecule has 0 saturated carbocycles. The number of ether oxygens (including phenoxy) is 5. The Kier molecular flexibility index (Phi) is 12.3. The quantitative estimate of drug-likeness (QED) is 0.150. The first-order valence-corrected chi connectivity index (χ1v) is 14.6. The van der Waals surface area contributed by atoms with Gasteiger partial charge in [-0.1, -0.05) is 19.4 Å². The zero-order chi connectivity index (χ0) is 31.5. The molecule has 0 saturated heterocycles. The summed E-state index contributed by atoms with van der Waals surface area (Å²) in [6.45, 7) is 6.19. The zero-order valence-electron chi connectivity index (χ0n) is 24.8. The Bertz CT molecular complexity index is 1240. The van der Waals surface area contributed by atoms with E-state index in [4.69, 9.17) is 23.7 Å². The van der Waals surface area contributed by atoms with Gasteiger partial charge in [0.1, 0.15) is 22.8 Å². The fraction of sp³-hybridized carbons (Fsp3) is 0.531. The van der Waals surface area contributed by atoms with Crippen molar-refractivity contribution in [2.75, 3.05) is 26.4 Å². The Morgan fingerprint density at radius 3 is 2.19 bits per heavy atom. The highest BCUT2D eigenvalue weighted by Gasteiger charge is 2.42. The summed E-state index contributed by atoms with van der Waals surface area (Å²) in [5.74, 6) is 0.00950. The van der Waals surface area contributed by atoms with E-state index in [0.717, 1.165) is 18.6 Å². The third-order valence-electron chi connectivity index (χ3n) is 6.98. The summed E-state index contributed by atoms with van der Waals surface area (Å²) < 4.78 is 67.1. The second kappa shape index (κ2) is 15.6. The Morgan fingerprint density at radius 2 is 1.58 bits per heavy atom. The van der Waals surface area contributed by atoms with Crippen LogP contribution >= 0.6 is 0 Å². The second-order valence-corrected chi connectivity index (χ2v) is 10.2. The Labute approximate surface area is 249 Å². The largest absolute Gasteiger partial charge is 0.493 e. The number of ketones is 1. The third-order valence-corrected chi connectivity index (χ3v) is 6.98. The molecular formula is C32H39F3O8. The Hall–Kier alpha value is -3.76. The molecule has 0 spiro atoms. The van der Waals surface area contributed by atoms with E-state index in [-0.39, 0.29) is 70.1 Å². The number of alkyl halides is 3. The van der Waals surface area contributed by atoms with Crippen LogP contribution in [0.15, 0.2) is 36.4 Å². The van der Waals surface area contributed by atoms with E-state index in [1.807, 2.05) is 6.92 Å². The van der Waals surface area contributed by atoms with Gasteiger partial charge in [-0.15, -0.1) is 0 Å². The van der Waals surface area contributed by atoms with Crippen molar-refractivity contribution in [3.8, 4) is 17.2 Å². The van der Waals surface area contributed by atoms with Crippen molar-refractivity contribution < 1.29 is 51.2 Å². The number of esters is 2. The molecular weight excluding hydrogens is 569 g/mol. The van der Waals surface area contributed by atoms with Gasteiger partial charge in [-0.25, -0.2) is 0 Å². The van der Waals surface area contributed by atoms with Crippen molar-refractivity contribution in [3.05, 3.63) is 53.1 Å². The van der Waals surface area contributed by atoms with Gasteiger partial charge < -0.3 is 23.7 Å². The van der Waals surface area contributed by atoms with Crippen LogP contribution in [0.4, 0.5) is 13.2 Å². The Morgan fingerprint density at radius 1 is 0.930 bits per heavy atom. The van der Waals surface area contributed by atoms with Crippen LogP contribution in [0.1, 0.15) is 87.2 Å². The normalized spacial score (nSPS) is 14.0. The van der Waals surface area contributed by atoms with Gasteiger partial charge in [0.2, 0.25) is 0 Å². The smallest absolute Gasteiger partial charge is 0.416 e. The van der Waals surface area contributed by atoms with Gasteiger partial charge in [-0.2, -0.15) is 13.2 Å². The molecule has 1 aliphatic rings. The first kappa shape index (κ1) is 33.7. The molecule has 0 fully saturated rings. The molecule has 43 heavy (non-hydrogen) atoms. The lowest BCUT2D eigenvalue weighted by molar-refractivity contribution is -0.145. The van der Waals surface area contributed by atoms with Gasteiger partial charge in [0.25, 0.3) is 0 Å². The van der Waals surface area contributed by atoms with E-state index in [0.29, 0.717) is 35.5 Å². The highest BCUT2D eigenvalue weighted by Crippen LogP contribution is 2.44. The van der Waals surface area contributed by atoms with E-state index in [1.54, 1.807) is 26.0 Å². The molecule has 1 aliphatic heterocycles. The molecule has 0 aromatic heterocycles. The fourth-order valence-corrected chi connectivity index (χ4v) is 4.93. The van der Waals surface area contributed by atoms with E-state index < -0.39 is 29.3 Å². The van der Waals surface area contributed by atoms with Gasteiger partial charge in [-0.3, -0.25) is 14.4 Å². The lowest BCUT2D eigenvalue weighted by Gasteiger charge is -2.39. The average Bonchev–Trinajstić information content (AvgIpc) is 2.96. The van der Waals surface area contributed by atoms with Crippen LogP contribution in [-0.2, 0) is 31.7 Å². The van der Waals surface area contributed by atoms with Gasteiger partial charge in [0, 0.05) is 24.8 Å². The first-order chi connectivity index (χ1) is 20.5. The summed E-state index contributed by atoms with van der Waals surface area (Å²) in [4.78, 5) is 37.8. The van der Waals surface area contributed by atoms with E-state index in [1.165, 1.54) is 12.1 Å². The molecule has 0 bridgehead atoms. The second-order valence-electron chi connectivity index (χ2n) is 10.2. The number of carbonyl (C=O) groups is 3. The van der Waals surface area contributed by atoms with E-state index >= 15 is 0 Å². The highest BCUT2D eigenvalue weighted by molar-refractivity contribution is 6.01. The van der Waals surface area contributed by atoms with Gasteiger partial charge >= 0.3 is 18.1 Å². The van der Waals surface area contributed by atoms with Crippen molar-refractivity contribution >= 4 is 17.7 Å². The molecule has 3 rings (SSSR count). The lowest BCUT2D eigenvalue weighted by atomic mass is 9.82. The summed E-state index contributed by atoms with van der Waals surface area (Å²) in [5, 5.41) is 0. The van der Waals surface area contributed by atoms with Crippen LogP contribution in [0, 0.1) is 0 Å². The Balaban J connectivity index is 1.75. The van der Waals surface area contributed by atoms with Crippen molar-refractivity contribution in [1.82, 2.24) is 0 Å². The molecule has 0 amide bonds. The molecule has 0 radical (unpaired) electrons. The monoisotopic (exact) mass is 608 g/mol. The molecule has 0 atom stereocenters. The highest BCUT2D eigenvalue weighted by atomic mass is 19.4. The third kappa shape index (κ3) is 9.62. The fourth-order valence-electron chi connectivity index (χ4n) is 4.93. The summed E-state index contributed by atoms with van der Waals surface area (Å²) >= 11 is 0. The number of carbonyl (C=O) groups excluding carboxylic acids is 3. The zero-order valence-corrected chi connectivity index (χ0v) is 24.8. The van der Waals surface area contributed by atoms with Crippen molar-refractivity contribution in [2.24, 2.45) is 0 Å². The van der Waals surface area contributed by atoms with E-state index in [9.17, 15) is 27.6 Å². The number of benzene rings is 2. The number of hydrogen-bond donors (Lipinski definition) is 0. The summed E-state index contributed by atoms with van der Waals surface area (Å²) in [7, 11) is 0. The summed E-state index contributed by atoms with van der Waals surface area (Å²) in [6.07, 6.45) is -2.41. The molecule has 236 valence electrons. The molecule has 0 N–H and O–H groups in total. The molecule has 2 aromatic carbocycles. The SMILES string of the molecule is CCCc1c(OCCCOc2cccc(C(F)(F)F)c2)ccc2c1OC(CCC(=O)OCC)(CCC(=O)OCC)CC2=O. The number of halogens is 3. The maximum absolute atomic E-state index is 13.4. The number of hydrogen-bond acceptors (Lipinski definition) is 8. The number of fused-ring (bicyclic) bond motifs is 1. The number of Topliss-reactive ketones (excluding diaryl/α,β-unsaturated/α-hetero) is 1. The van der Waals surface area contributed by atoms with Gasteiger partial charge in [-0.05, 0) is 63.4 Å². The van der Waals surface area contributed by atoms with Crippen molar-refractivity contribution in [2.45, 2.75) is 83.9 Å². The van der Waals surface area contributed by atoms with Crippen molar-refractivity contribution in [3.63, 3.8) is 0 Å². The van der Waals surface area contributed by atoms with Gasteiger partial charge in [0.15, 0.2) is 5.78 Å². The minimum absolute atomic E-state index is 0.00252. The molecule has 1 heterocycles. The summed E-state index contributed by atoms with van der Waals surface area (Å²) in [5.41, 5.74) is -0.784. The van der Waals surface area contributed by atoms with Crippen molar-refractivity contribution in [1.29, 1.82) is 0 Å². The van der Waals surface area contributed by atoms with Gasteiger partial charge in [0.05, 0.1) is 44.0 Å². The standard InChI is InChI=1S/C32H39F3O8/c1-4-9-25-27(42-19-8-18-41-23-11-7-10-22(20-23)32(33,34)35)13-12-24-26(36)21-31(43-30(24)25,16-14-28(37)39-5-2)17-15-29(38)40-6-3/h7,10-13,20H,4-6,8-9,14-19,21H2,1-3H3. The van der Waals surface area contributed by atoms with Crippen LogP contribution in [0.5, 0.6) is 17.2 Å². The van der Waals surface area contributed by atoms with Crippen LogP contribution < -0.4 is 14.2 Å². The minimum atomic E-state index is -4.46. The number of rotatable bonds is 16. The maximum atomic E-state index is 13.4. The first-order valence-electron chi connectivity index (χ1n) is 14.6. The maximum Gasteiger partial charge on any atom is 0.416 e. The molecule has 0 aliphatic carbocycles. The molecule has 8 nitrogen and oxygen atoms in total. The lowest BCUT2D eigenvalue weighted by Crippen LogP contribution is -2.43. The molecule has 0 unspecified atom stereocenters. The summed E-state index contributed by atoms with van der Waals surface area (Å²) in [6, 6.07) is 8.04.